The van der Waals surface area contributed by atoms with Gasteiger partial charge in [-0.2, -0.15) is 0 Å². The van der Waals surface area contributed by atoms with E-state index in [1.807, 2.05) is 36.2 Å². The Kier molecular flexibility index (Phi) is 5.41. The molecule has 170 valence electrons. The van der Waals surface area contributed by atoms with Crippen molar-refractivity contribution in [2.45, 2.75) is 51.4 Å². The zero-order valence-corrected chi connectivity index (χ0v) is 19.1. The van der Waals surface area contributed by atoms with E-state index in [4.69, 9.17) is 4.99 Å². The zero-order chi connectivity index (χ0) is 22.4. The molecule has 32 heavy (non-hydrogen) atoms. The molecule has 3 unspecified atom stereocenters. The summed E-state index contributed by atoms with van der Waals surface area (Å²) in [5.41, 5.74) is 2.23. The number of hydrogen-bond donors (Lipinski definition) is 0. The van der Waals surface area contributed by atoms with Gasteiger partial charge in [0.1, 0.15) is 0 Å². The second-order valence-electron chi connectivity index (χ2n) is 9.21. The number of likely N-dealkylation sites (N-methyl/N-ethyl adjacent to an activating group) is 1. The predicted molar refractivity (Wildman–Crippen MR) is 122 cm³/mol. The van der Waals surface area contributed by atoms with Crippen LogP contribution in [0, 0.1) is 0 Å². The van der Waals surface area contributed by atoms with E-state index in [9.17, 15) is 9.59 Å². The lowest BCUT2D eigenvalue weighted by Crippen LogP contribution is -2.65. The van der Waals surface area contributed by atoms with Gasteiger partial charge in [-0.05, 0) is 45.3 Å². The number of carbonyl (C=O) groups is 2. The first kappa shape index (κ1) is 21.0. The highest BCUT2D eigenvalue weighted by molar-refractivity contribution is 6.04. The summed E-state index contributed by atoms with van der Waals surface area (Å²) in [6.07, 6.45) is 5.16. The van der Waals surface area contributed by atoms with E-state index in [1.54, 1.807) is 11.9 Å². The molecule has 2 fully saturated rings. The summed E-state index contributed by atoms with van der Waals surface area (Å²) >= 11 is 0. The van der Waals surface area contributed by atoms with Gasteiger partial charge in [-0.1, -0.05) is 36.8 Å². The van der Waals surface area contributed by atoms with Gasteiger partial charge in [-0.15, -0.1) is 0 Å². The van der Waals surface area contributed by atoms with Gasteiger partial charge in [-0.3, -0.25) is 9.69 Å². The number of piperidine rings is 1. The normalized spacial score (nSPS) is 26.8. The molecule has 0 aromatic heterocycles. The van der Waals surface area contributed by atoms with Crippen LogP contribution in [0.5, 0.6) is 0 Å². The molecule has 0 N–H and O–H groups in total. The molecule has 1 aromatic rings. The molecule has 8 nitrogen and oxygen atoms in total. The molecule has 0 radical (unpaired) electrons. The lowest BCUT2D eigenvalue weighted by atomic mass is 10.1. The van der Waals surface area contributed by atoms with Crippen molar-refractivity contribution in [1.82, 2.24) is 24.5 Å². The topological polar surface area (TPSA) is 62.7 Å². The molecule has 4 aliphatic heterocycles. The Morgan fingerprint density at radius 1 is 1.06 bits per heavy atom. The Bertz CT molecular complexity index is 954. The number of benzene rings is 1. The number of rotatable bonds is 5. The van der Waals surface area contributed by atoms with Crippen molar-refractivity contribution >= 4 is 17.9 Å². The number of aliphatic imine (C=N–C) groups is 1. The van der Waals surface area contributed by atoms with Gasteiger partial charge in [0.25, 0.3) is 5.91 Å². The molecular weight excluding hydrogens is 404 g/mol. The maximum Gasteiger partial charge on any atom is 0.328 e. The van der Waals surface area contributed by atoms with Crippen molar-refractivity contribution < 1.29 is 9.59 Å². The molecule has 0 bridgehead atoms. The number of hydrogen-bond acceptors (Lipinski definition) is 6. The largest absolute Gasteiger partial charge is 0.328 e. The van der Waals surface area contributed by atoms with Crippen LogP contribution in [0.25, 0.3) is 0 Å². The smallest absolute Gasteiger partial charge is 0.308 e. The minimum absolute atomic E-state index is 0.0719. The molecule has 0 saturated carbocycles. The Balaban J connectivity index is 1.37. The molecule has 8 heteroatoms. The van der Waals surface area contributed by atoms with E-state index in [0.29, 0.717) is 6.54 Å². The van der Waals surface area contributed by atoms with Crippen LogP contribution >= 0.6 is 0 Å². The summed E-state index contributed by atoms with van der Waals surface area (Å²) in [6, 6.07) is 9.60. The summed E-state index contributed by atoms with van der Waals surface area (Å²) in [5, 5.41) is 0. The number of nitrogens with zero attached hydrogens (tertiary/aromatic N) is 6. The second kappa shape index (κ2) is 8.24. The van der Waals surface area contributed by atoms with Crippen molar-refractivity contribution in [2.75, 3.05) is 33.2 Å². The van der Waals surface area contributed by atoms with Crippen molar-refractivity contribution in [3.8, 4) is 0 Å². The Morgan fingerprint density at radius 2 is 1.78 bits per heavy atom. The number of amides is 3. The van der Waals surface area contributed by atoms with Crippen LogP contribution < -0.4 is 0 Å². The minimum Gasteiger partial charge on any atom is -0.308 e. The summed E-state index contributed by atoms with van der Waals surface area (Å²) in [6.45, 7) is 7.45. The van der Waals surface area contributed by atoms with E-state index >= 15 is 0 Å². The van der Waals surface area contributed by atoms with Crippen LogP contribution in [0.3, 0.4) is 0 Å². The lowest BCUT2D eigenvalue weighted by Gasteiger charge is -2.41. The van der Waals surface area contributed by atoms with Gasteiger partial charge >= 0.3 is 6.03 Å². The van der Waals surface area contributed by atoms with Crippen molar-refractivity contribution in [1.29, 1.82) is 0 Å². The molecule has 2 saturated heterocycles. The summed E-state index contributed by atoms with van der Waals surface area (Å²) in [5.74, 6) is 0.604. The number of imide groups is 1. The van der Waals surface area contributed by atoms with Crippen LogP contribution in [0.15, 0.2) is 47.2 Å². The van der Waals surface area contributed by atoms with Gasteiger partial charge in [0.15, 0.2) is 12.2 Å². The van der Waals surface area contributed by atoms with E-state index < -0.39 is 12.2 Å². The van der Waals surface area contributed by atoms with E-state index in [2.05, 4.69) is 28.9 Å². The van der Waals surface area contributed by atoms with E-state index in [0.717, 1.165) is 31.3 Å². The van der Waals surface area contributed by atoms with Crippen molar-refractivity contribution in [3.63, 3.8) is 0 Å². The van der Waals surface area contributed by atoms with Gasteiger partial charge in [0.05, 0.1) is 6.04 Å². The fourth-order valence-electron chi connectivity index (χ4n) is 5.36. The molecule has 0 aliphatic carbocycles. The van der Waals surface area contributed by atoms with Crippen LogP contribution in [-0.4, -0.2) is 87.8 Å². The highest BCUT2D eigenvalue weighted by Crippen LogP contribution is 2.38. The minimum atomic E-state index is -0.503. The summed E-state index contributed by atoms with van der Waals surface area (Å²) in [7, 11) is 1.76. The van der Waals surface area contributed by atoms with Crippen molar-refractivity contribution in [3.05, 3.63) is 47.8 Å². The molecule has 4 heterocycles. The van der Waals surface area contributed by atoms with Crippen LogP contribution in [0.1, 0.15) is 44.7 Å². The summed E-state index contributed by atoms with van der Waals surface area (Å²) < 4.78 is 0. The number of allylic oxidation sites excluding steroid dienone is 1. The fraction of sp³-hybridized carbons (Fsp3) is 0.542. The second-order valence-corrected chi connectivity index (χ2v) is 9.21. The van der Waals surface area contributed by atoms with E-state index in [1.165, 1.54) is 29.7 Å². The molecule has 4 aliphatic rings. The fourth-order valence-corrected chi connectivity index (χ4v) is 5.36. The highest BCUT2D eigenvalue weighted by Gasteiger charge is 2.54. The zero-order valence-electron chi connectivity index (χ0n) is 19.1. The number of fused-ring (bicyclic) bond motifs is 3. The third kappa shape index (κ3) is 3.37. The van der Waals surface area contributed by atoms with Gasteiger partial charge in [0.2, 0.25) is 5.96 Å². The number of carbonyl (C=O) groups excluding carboxylic acids is 2. The first-order valence-electron chi connectivity index (χ1n) is 11.7. The first-order chi connectivity index (χ1) is 15.5. The quantitative estimate of drug-likeness (QED) is 0.710. The first-order valence-corrected chi connectivity index (χ1v) is 11.7. The van der Waals surface area contributed by atoms with Crippen LogP contribution in [0.4, 0.5) is 4.79 Å². The Morgan fingerprint density at radius 3 is 2.50 bits per heavy atom. The van der Waals surface area contributed by atoms with Gasteiger partial charge in [0, 0.05) is 32.0 Å². The van der Waals surface area contributed by atoms with Crippen LogP contribution in [0.2, 0.25) is 0 Å². The monoisotopic (exact) mass is 436 g/mol. The Hall–Kier alpha value is -2.87. The maximum atomic E-state index is 13.5. The number of likely N-dealkylation sites (tertiary alicyclic amines) is 1. The molecule has 3 atom stereocenters. The number of urea groups is 1. The van der Waals surface area contributed by atoms with Crippen LogP contribution in [-0.2, 0) is 4.79 Å². The van der Waals surface area contributed by atoms with Crippen molar-refractivity contribution in [2.24, 2.45) is 4.99 Å². The average Bonchev–Trinajstić information content (AvgIpc) is 3.33. The molecule has 3 amide bonds. The third-order valence-electron chi connectivity index (χ3n) is 7.19. The average molecular weight is 437 g/mol. The van der Waals surface area contributed by atoms with Gasteiger partial charge < -0.3 is 19.6 Å². The highest BCUT2D eigenvalue weighted by atomic mass is 16.2. The maximum absolute atomic E-state index is 13.5. The molecule has 5 rings (SSSR count). The van der Waals surface area contributed by atoms with Gasteiger partial charge in [-0.25, -0.2) is 9.79 Å². The van der Waals surface area contributed by atoms with E-state index in [-0.39, 0.29) is 18.0 Å². The summed E-state index contributed by atoms with van der Waals surface area (Å²) in [4.78, 5) is 41.0. The Labute approximate surface area is 189 Å². The molecule has 0 spiro atoms. The number of guanidine groups is 1. The molecule has 1 aromatic carbocycles. The third-order valence-corrected chi connectivity index (χ3v) is 7.19. The predicted octanol–water partition coefficient (Wildman–Crippen LogP) is 2.67. The SMILES string of the molecule is CC1=CN2C(=NC3C2C(=O)N(CCN2CCCCC2)C(=O)N3C)N1C(C)c1ccccc1. The molecular formula is C24H32N6O2. The standard InChI is InChI=1S/C24H32N6O2/c1-17-16-29-20-21(25-23(29)30(17)18(2)19-10-6-4-7-11-19)26(3)24(32)28(22(20)31)15-14-27-12-8-5-9-13-27/h4,6-7,10-11,16,18,20-21H,5,8-9,12-15H2,1-3H3. The lowest BCUT2D eigenvalue weighted by molar-refractivity contribution is -0.136.